The summed E-state index contributed by atoms with van der Waals surface area (Å²) in [4.78, 5) is 8.73. The van der Waals surface area contributed by atoms with E-state index in [2.05, 4.69) is 39.4 Å². The number of hydrogen-bond acceptors (Lipinski definition) is 4. The molecule has 0 amide bonds. The lowest BCUT2D eigenvalue weighted by Crippen LogP contribution is -2.24. The van der Waals surface area contributed by atoms with Crippen molar-refractivity contribution >= 4 is 0 Å². The quantitative estimate of drug-likeness (QED) is 0.888. The Kier molecular flexibility index (Phi) is 4.27. The fourth-order valence-electron chi connectivity index (χ4n) is 2.31. The largest absolute Gasteiger partial charge is 0.310 e. The van der Waals surface area contributed by atoms with Crippen LogP contribution in [0.4, 0.5) is 0 Å². The Morgan fingerprint density at radius 2 is 1.95 bits per heavy atom. The molecule has 1 atom stereocenters. The number of nitrogens with zero attached hydrogens (tertiary/aromatic N) is 4. The third-order valence-corrected chi connectivity index (χ3v) is 3.15. The van der Waals surface area contributed by atoms with E-state index >= 15 is 0 Å². The van der Waals surface area contributed by atoms with Gasteiger partial charge in [-0.3, -0.25) is 9.67 Å². The molecule has 102 valence electrons. The molecule has 0 aliphatic heterocycles. The van der Waals surface area contributed by atoms with E-state index in [0.717, 1.165) is 30.2 Å². The van der Waals surface area contributed by atoms with Gasteiger partial charge >= 0.3 is 0 Å². The SMILES string of the molecule is CCNC(Cc1ncnn1C)c1cc(C)nc(C)c1. The van der Waals surface area contributed by atoms with E-state index in [1.54, 1.807) is 6.33 Å². The highest BCUT2D eigenvalue weighted by Crippen LogP contribution is 2.18. The predicted octanol–water partition coefficient (Wildman–Crippen LogP) is 1.72. The molecule has 1 N–H and O–H groups in total. The van der Waals surface area contributed by atoms with Gasteiger partial charge in [0.25, 0.3) is 0 Å². The molecule has 0 saturated carbocycles. The molecule has 2 rings (SSSR count). The smallest absolute Gasteiger partial charge is 0.138 e. The van der Waals surface area contributed by atoms with Crippen molar-refractivity contribution in [3.63, 3.8) is 0 Å². The van der Waals surface area contributed by atoms with Crippen LogP contribution in [0.5, 0.6) is 0 Å². The maximum absolute atomic E-state index is 4.43. The normalized spacial score (nSPS) is 12.6. The summed E-state index contributed by atoms with van der Waals surface area (Å²) in [6.07, 6.45) is 2.43. The van der Waals surface area contributed by atoms with E-state index in [0.29, 0.717) is 0 Å². The Balaban J connectivity index is 2.26. The number of nitrogens with one attached hydrogen (secondary N) is 1. The first-order valence-corrected chi connectivity index (χ1v) is 6.61. The van der Waals surface area contributed by atoms with Crippen LogP contribution in [0.15, 0.2) is 18.5 Å². The fraction of sp³-hybridized carbons (Fsp3) is 0.500. The Labute approximate surface area is 114 Å². The lowest BCUT2D eigenvalue weighted by atomic mass is 10.0. The van der Waals surface area contributed by atoms with Crippen molar-refractivity contribution in [2.75, 3.05) is 6.54 Å². The molecule has 2 aromatic heterocycles. The molecule has 0 aliphatic rings. The lowest BCUT2D eigenvalue weighted by molar-refractivity contribution is 0.521. The molecule has 19 heavy (non-hydrogen) atoms. The molecular weight excluding hydrogens is 238 g/mol. The van der Waals surface area contributed by atoms with Gasteiger partial charge < -0.3 is 5.32 Å². The number of pyridine rings is 1. The summed E-state index contributed by atoms with van der Waals surface area (Å²) < 4.78 is 1.82. The number of likely N-dealkylation sites (N-methyl/N-ethyl adjacent to an activating group) is 1. The molecule has 0 aromatic carbocycles. The molecule has 0 fully saturated rings. The Hall–Kier alpha value is -1.75. The number of aryl methyl sites for hydroxylation is 3. The van der Waals surface area contributed by atoms with Crippen molar-refractivity contribution in [1.29, 1.82) is 0 Å². The van der Waals surface area contributed by atoms with Gasteiger partial charge in [-0.25, -0.2) is 4.98 Å². The molecule has 2 aromatic rings. The van der Waals surface area contributed by atoms with Crippen LogP contribution in [0, 0.1) is 13.8 Å². The Morgan fingerprint density at radius 3 is 2.47 bits per heavy atom. The van der Waals surface area contributed by atoms with Gasteiger partial charge in [0, 0.05) is 30.9 Å². The van der Waals surface area contributed by atoms with Gasteiger partial charge in [-0.2, -0.15) is 5.10 Å². The second kappa shape index (κ2) is 5.93. The highest BCUT2D eigenvalue weighted by molar-refractivity contribution is 5.24. The highest BCUT2D eigenvalue weighted by atomic mass is 15.3. The van der Waals surface area contributed by atoms with E-state index in [1.807, 2.05) is 25.6 Å². The molecule has 5 heteroatoms. The van der Waals surface area contributed by atoms with Crippen LogP contribution in [0.2, 0.25) is 0 Å². The predicted molar refractivity (Wildman–Crippen MR) is 74.8 cm³/mol. The summed E-state index contributed by atoms with van der Waals surface area (Å²) in [7, 11) is 1.92. The molecule has 1 unspecified atom stereocenters. The van der Waals surface area contributed by atoms with Gasteiger partial charge in [0.1, 0.15) is 12.2 Å². The lowest BCUT2D eigenvalue weighted by Gasteiger charge is -2.18. The summed E-state index contributed by atoms with van der Waals surface area (Å²) in [5, 5.41) is 7.63. The van der Waals surface area contributed by atoms with Gasteiger partial charge in [-0.15, -0.1) is 0 Å². The van der Waals surface area contributed by atoms with Crippen molar-refractivity contribution in [3.05, 3.63) is 41.2 Å². The zero-order valence-corrected chi connectivity index (χ0v) is 12.0. The summed E-state index contributed by atoms with van der Waals surface area (Å²) in [5.74, 6) is 0.984. The van der Waals surface area contributed by atoms with Gasteiger partial charge in [-0.05, 0) is 38.1 Å². The van der Waals surface area contributed by atoms with Crippen LogP contribution in [0.3, 0.4) is 0 Å². The van der Waals surface area contributed by atoms with Crippen molar-refractivity contribution in [1.82, 2.24) is 25.1 Å². The van der Waals surface area contributed by atoms with E-state index in [-0.39, 0.29) is 6.04 Å². The average molecular weight is 259 g/mol. The second-order valence-corrected chi connectivity index (χ2v) is 4.80. The highest BCUT2D eigenvalue weighted by Gasteiger charge is 2.15. The van der Waals surface area contributed by atoms with Crippen LogP contribution in [0.1, 0.15) is 35.7 Å². The third kappa shape index (κ3) is 3.38. The summed E-state index contributed by atoms with van der Waals surface area (Å²) in [6, 6.07) is 4.52. The minimum absolute atomic E-state index is 0.244. The van der Waals surface area contributed by atoms with E-state index in [1.165, 1.54) is 5.56 Å². The average Bonchev–Trinajstić information content (AvgIpc) is 2.73. The first kappa shape index (κ1) is 13.7. The van der Waals surface area contributed by atoms with E-state index in [4.69, 9.17) is 0 Å². The van der Waals surface area contributed by atoms with Crippen LogP contribution in [-0.4, -0.2) is 26.3 Å². The maximum atomic E-state index is 4.43. The standard InChI is InChI=1S/C14H21N5/c1-5-15-13(8-14-16-9-17-19(14)4)12-6-10(2)18-11(3)7-12/h6-7,9,13,15H,5,8H2,1-4H3. The van der Waals surface area contributed by atoms with Crippen LogP contribution in [0.25, 0.3) is 0 Å². The van der Waals surface area contributed by atoms with Crippen LogP contribution < -0.4 is 5.32 Å². The maximum Gasteiger partial charge on any atom is 0.138 e. The van der Waals surface area contributed by atoms with Crippen LogP contribution >= 0.6 is 0 Å². The van der Waals surface area contributed by atoms with Gasteiger partial charge in [0.05, 0.1) is 0 Å². The van der Waals surface area contributed by atoms with Crippen molar-refractivity contribution in [3.8, 4) is 0 Å². The summed E-state index contributed by atoms with van der Waals surface area (Å²) in [6.45, 7) is 7.09. The molecule has 0 spiro atoms. The monoisotopic (exact) mass is 259 g/mol. The molecule has 0 bridgehead atoms. The first-order chi connectivity index (χ1) is 9.10. The number of hydrogen-bond donors (Lipinski definition) is 1. The molecular formula is C14H21N5. The third-order valence-electron chi connectivity index (χ3n) is 3.15. The molecule has 2 heterocycles. The van der Waals surface area contributed by atoms with Crippen molar-refractivity contribution in [2.45, 2.75) is 33.2 Å². The fourth-order valence-corrected chi connectivity index (χ4v) is 2.31. The van der Waals surface area contributed by atoms with E-state index in [9.17, 15) is 0 Å². The summed E-state index contributed by atoms with van der Waals surface area (Å²) in [5.41, 5.74) is 3.36. The van der Waals surface area contributed by atoms with Gasteiger partial charge in [-0.1, -0.05) is 6.92 Å². The molecule has 0 radical (unpaired) electrons. The van der Waals surface area contributed by atoms with Crippen molar-refractivity contribution in [2.24, 2.45) is 7.05 Å². The Morgan fingerprint density at radius 1 is 1.26 bits per heavy atom. The molecule has 0 aliphatic carbocycles. The van der Waals surface area contributed by atoms with Gasteiger partial charge in [0.2, 0.25) is 0 Å². The first-order valence-electron chi connectivity index (χ1n) is 6.61. The minimum atomic E-state index is 0.244. The molecule has 5 nitrogen and oxygen atoms in total. The van der Waals surface area contributed by atoms with Crippen molar-refractivity contribution < 1.29 is 0 Å². The molecule has 0 saturated heterocycles. The zero-order chi connectivity index (χ0) is 13.8. The topological polar surface area (TPSA) is 55.6 Å². The van der Waals surface area contributed by atoms with Crippen LogP contribution in [-0.2, 0) is 13.5 Å². The van der Waals surface area contributed by atoms with E-state index < -0.39 is 0 Å². The number of aromatic nitrogens is 4. The Bertz CT molecular complexity index is 526. The second-order valence-electron chi connectivity index (χ2n) is 4.80. The van der Waals surface area contributed by atoms with Gasteiger partial charge in [0.15, 0.2) is 0 Å². The summed E-state index contributed by atoms with van der Waals surface area (Å²) >= 11 is 0. The zero-order valence-electron chi connectivity index (χ0n) is 12.0. The minimum Gasteiger partial charge on any atom is -0.310 e. The number of rotatable bonds is 5.